The van der Waals surface area contributed by atoms with E-state index in [1.165, 1.54) is 17.0 Å². The number of amides is 2. The molecule has 146 valence electrons. The van der Waals surface area contributed by atoms with E-state index in [1.54, 1.807) is 6.92 Å². The zero-order valence-corrected chi connectivity index (χ0v) is 14.9. The van der Waals surface area contributed by atoms with Crippen LogP contribution in [0.5, 0.6) is 0 Å². The summed E-state index contributed by atoms with van der Waals surface area (Å²) >= 11 is 0. The minimum atomic E-state index is -5.26. The predicted octanol–water partition coefficient (Wildman–Crippen LogP) is 2.95. The van der Waals surface area contributed by atoms with E-state index in [-0.39, 0.29) is 12.6 Å². The number of unbranched alkanes of at least 4 members (excludes halogenated alkanes) is 1. The van der Waals surface area contributed by atoms with Crippen LogP contribution < -0.4 is 10.2 Å². The second-order valence-corrected chi connectivity index (χ2v) is 5.58. The lowest BCUT2D eigenvalue weighted by Gasteiger charge is -2.28. The number of ether oxygens (including phenoxy) is 1. The molecule has 0 fully saturated rings. The van der Waals surface area contributed by atoms with Crippen molar-refractivity contribution < 1.29 is 32.6 Å². The molecule has 0 saturated heterocycles. The summed E-state index contributed by atoms with van der Waals surface area (Å²) in [6, 6.07) is 3.98. The fourth-order valence-corrected chi connectivity index (χ4v) is 2.34. The maximum absolute atomic E-state index is 13.2. The summed E-state index contributed by atoms with van der Waals surface area (Å²) in [5, 5.41) is 12.6. The van der Waals surface area contributed by atoms with Crippen molar-refractivity contribution in [2.75, 3.05) is 25.1 Å². The van der Waals surface area contributed by atoms with Crippen LogP contribution in [-0.4, -0.2) is 43.5 Å². The molecule has 1 rings (SSSR count). The summed E-state index contributed by atoms with van der Waals surface area (Å²) in [7, 11) is 0.757. The van der Waals surface area contributed by atoms with Gasteiger partial charge in [-0.25, -0.2) is 9.59 Å². The molecule has 0 bridgehead atoms. The summed E-state index contributed by atoms with van der Waals surface area (Å²) in [6.07, 6.45) is -3.55. The van der Waals surface area contributed by atoms with E-state index in [0.717, 1.165) is 32.1 Å². The third kappa shape index (κ3) is 4.46. The minimum Gasteiger partial charge on any atom is -0.466 e. The number of carbonyl (C=O) groups excluding carboxylic acids is 2. The van der Waals surface area contributed by atoms with E-state index in [0.29, 0.717) is 12.2 Å². The van der Waals surface area contributed by atoms with Gasteiger partial charge in [0.15, 0.2) is 0 Å². The van der Waals surface area contributed by atoms with Crippen molar-refractivity contribution in [3.8, 4) is 0 Å². The van der Waals surface area contributed by atoms with Gasteiger partial charge in [-0.2, -0.15) is 13.2 Å². The average molecular weight is 376 g/mol. The van der Waals surface area contributed by atoms with Gasteiger partial charge >= 0.3 is 18.2 Å². The van der Waals surface area contributed by atoms with Crippen LogP contribution in [0.15, 0.2) is 24.3 Å². The molecule has 0 radical (unpaired) electrons. The Labute approximate surface area is 149 Å². The maximum Gasteiger partial charge on any atom is 0.432 e. The van der Waals surface area contributed by atoms with E-state index in [4.69, 9.17) is 0 Å². The number of halogens is 3. The van der Waals surface area contributed by atoms with Gasteiger partial charge < -0.3 is 15.2 Å². The van der Waals surface area contributed by atoms with Crippen molar-refractivity contribution in [2.45, 2.75) is 38.5 Å². The molecule has 0 aliphatic heterocycles. The first-order chi connectivity index (χ1) is 12.1. The number of anilines is 1. The highest BCUT2D eigenvalue weighted by Crippen LogP contribution is 2.40. The Balaban J connectivity index is 3.12. The fourth-order valence-electron chi connectivity index (χ4n) is 2.34. The predicted molar refractivity (Wildman–Crippen MR) is 89.7 cm³/mol. The standard InChI is InChI=1S/C17H23F3N2O4/c1-4-6-11-21-15(24)22(5-2)13-9-7-12(8-10-13)16(25,14(23)26-3)17(18,19)20/h7-10,25H,4-6,11H2,1-3H3,(H,21,24)/t16-/m0/s1. The molecule has 0 aliphatic carbocycles. The molecule has 0 aliphatic rings. The maximum atomic E-state index is 13.2. The monoisotopic (exact) mass is 376 g/mol. The number of hydrogen-bond acceptors (Lipinski definition) is 4. The van der Waals surface area contributed by atoms with Gasteiger partial charge in [-0.15, -0.1) is 0 Å². The third-order valence-electron chi connectivity index (χ3n) is 3.86. The number of nitrogens with one attached hydrogen (secondary N) is 1. The van der Waals surface area contributed by atoms with Crippen molar-refractivity contribution in [3.05, 3.63) is 29.8 Å². The zero-order valence-electron chi connectivity index (χ0n) is 14.9. The molecule has 2 N–H and O–H groups in total. The van der Waals surface area contributed by atoms with Gasteiger partial charge in [-0.3, -0.25) is 4.90 Å². The lowest BCUT2D eigenvalue weighted by molar-refractivity contribution is -0.266. The van der Waals surface area contributed by atoms with Crippen LogP contribution in [0.4, 0.5) is 23.7 Å². The quantitative estimate of drug-likeness (QED) is 0.567. The number of nitrogens with zero attached hydrogens (tertiary/aromatic N) is 1. The number of esters is 1. The van der Waals surface area contributed by atoms with Crippen molar-refractivity contribution in [3.63, 3.8) is 0 Å². The Morgan fingerprint density at radius 3 is 2.19 bits per heavy atom. The van der Waals surface area contributed by atoms with Crippen LogP contribution in [-0.2, 0) is 15.1 Å². The number of aliphatic hydroxyl groups is 1. The molecule has 1 aromatic rings. The van der Waals surface area contributed by atoms with Crippen molar-refractivity contribution >= 4 is 17.7 Å². The van der Waals surface area contributed by atoms with Crippen molar-refractivity contribution in [2.24, 2.45) is 0 Å². The Morgan fingerprint density at radius 1 is 1.19 bits per heavy atom. The molecule has 0 aromatic heterocycles. The lowest BCUT2D eigenvalue weighted by Crippen LogP contribution is -2.49. The number of carbonyl (C=O) groups is 2. The number of benzene rings is 1. The molecule has 2 amide bonds. The van der Waals surface area contributed by atoms with Crippen molar-refractivity contribution in [1.82, 2.24) is 5.32 Å². The smallest absolute Gasteiger partial charge is 0.432 e. The van der Waals surface area contributed by atoms with E-state index < -0.39 is 23.3 Å². The van der Waals surface area contributed by atoms with Gasteiger partial charge in [-0.1, -0.05) is 25.5 Å². The molecule has 0 saturated carbocycles. The molecule has 9 heteroatoms. The molecular weight excluding hydrogens is 353 g/mol. The van der Waals surface area contributed by atoms with E-state index in [2.05, 4.69) is 10.1 Å². The van der Waals surface area contributed by atoms with Crippen LogP contribution in [0.1, 0.15) is 32.3 Å². The lowest BCUT2D eigenvalue weighted by atomic mass is 9.93. The summed E-state index contributed by atoms with van der Waals surface area (Å²) in [5.74, 6) is -1.83. The first-order valence-electron chi connectivity index (χ1n) is 8.16. The van der Waals surface area contributed by atoms with Crippen LogP contribution in [0.25, 0.3) is 0 Å². The molecule has 0 heterocycles. The number of urea groups is 1. The molecule has 1 aromatic carbocycles. The van der Waals surface area contributed by atoms with Crippen molar-refractivity contribution in [1.29, 1.82) is 0 Å². The second-order valence-electron chi connectivity index (χ2n) is 5.58. The second kappa shape index (κ2) is 8.88. The van der Waals surface area contributed by atoms with Gasteiger partial charge in [0.1, 0.15) is 0 Å². The van der Waals surface area contributed by atoms with E-state index in [1.807, 2.05) is 6.92 Å². The number of rotatable bonds is 7. The van der Waals surface area contributed by atoms with Crippen LogP contribution >= 0.6 is 0 Å². The Kier molecular flexibility index (Phi) is 7.43. The van der Waals surface area contributed by atoms with Gasteiger partial charge in [0, 0.05) is 24.3 Å². The molecule has 0 spiro atoms. The molecule has 1 atom stereocenters. The molecule has 26 heavy (non-hydrogen) atoms. The fraction of sp³-hybridized carbons (Fsp3) is 0.529. The highest BCUT2D eigenvalue weighted by atomic mass is 19.4. The van der Waals surface area contributed by atoms with Crippen LogP contribution in [0.2, 0.25) is 0 Å². The SMILES string of the molecule is CCCCNC(=O)N(CC)c1ccc([C@](O)(C(=O)OC)C(F)(F)F)cc1. The number of hydrogen-bond donors (Lipinski definition) is 2. The number of alkyl halides is 3. The van der Waals surface area contributed by atoms with Crippen LogP contribution in [0, 0.1) is 0 Å². The van der Waals surface area contributed by atoms with Gasteiger partial charge in [0.2, 0.25) is 0 Å². The van der Waals surface area contributed by atoms with Gasteiger partial charge in [-0.05, 0) is 25.5 Å². The first-order valence-corrected chi connectivity index (χ1v) is 8.16. The van der Waals surface area contributed by atoms with Gasteiger partial charge in [0.25, 0.3) is 5.60 Å². The Bertz CT molecular complexity index is 619. The Morgan fingerprint density at radius 2 is 1.77 bits per heavy atom. The topological polar surface area (TPSA) is 78.9 Å². The largest absolute Gasteiger partial charge is 0.466 e. The highest BCUT2D eigenvalue weighted by molar-refractivity contribution is 5.92. The normalized spacial score (nSPS) is 13.7. The van der Waals surface area contributed by atoms with Crippen LogP contribution in [0.3, 0.4) is 0 Å². The minimum absolute atomic E-state index is 0.290. The highest BCUT2D eigenvalue weighted by Gasteiger charge is 2.62. The summed E-state index contributed by atoms with van der Waals surface area (Å²) in [4.78, 5) is 25.0. The zero-order chi connectivity index (χ0) is 20.0. The van der Waals surface area contributed by atoms with Gasteiger partial charge in [0.05, 0.1) is 7.11 Å². The summed E-state index contributed by atoms with van der Waals surface area (Å²) in [6.45, 7) is 4.47. The molecule has 0 unspecified atom stereocenters. The average Bonchev–Trinajstić information content (AvgIpc) is 2.60. The first kappa shape index (κ1) is 21.8. The summed E-state index contributed by atoms with van der Waals surface area (Å²) in [5.41, 5.74) is -4.14. The summed E-state index contributed by atoms with van der Waals surface area (Å²) < 4.78 is 43.8. The molecular formula is C17H23F3N2O4. The number of methoxy groups -OCH3 is 1. The molecule has 6 nitrogen and oxygen atoms in total. The van der Waals surface area contributed by atoms with E-state index in [9.17, 15) is 27.9 Å². The van der Waals surface area contributed by atoms with E-state index >= 15 is 0 Å². The Hall–Kier alpha value is -2.29. The third-order valence-corrected chi connectivity index (χ3v) is 3.86.